The summed E-state index contributed by atoms with van der Waals surface area (Å²) in [6.07, 6.45) is -6.19. The zero-order valence-corrected chi connectivity index (χ0v) is 10.00. The van der Waals surface area contributed by atoms with Crippen LogP contribution < -0.4 is 0 Å². The van der Waals surface area contributed by atoms with E-state index in [1.807, 2.05) is 0 Å². The largest absolute Gasteiger partial charge is 0.460 e. The molecule has 1 aromatic carbocycles. The van der Waals surface area contributed by atoms with Gasteiger partial charge in [-0.05, 0) is 5.56 Å². The van der Waals surface area contributed by atoms with E-state index in [1.165, 1.54) is 0 Å². The van der Waals surface area contributed by atoms with E-state index in [0.29, 0.717) is 12.1 Å². The van der Waals surface area contributed by atoms with Gasteiger partial charge in [-0.1, -0.05) is 36.9 Å². The highest BCUT2D eigenvalue weighted by molar-refractivity contribution is 5.53. The molecule has 0 saturated carbocycles. The van der Waals surface area contributed by atoms with Crippen LogP contribution in [-0.4, -0.2) is 18.0 Å². The van der Waals surface area contributed by atoms with E-state index < -0.39 is 35.1 Å². The van der Waals surface area contributed by atoms with Crippen LogP contribution in [0.1, 0.15) is 11.1 Å². The molecule has 0 aromatic heterocycles. The zero-order valence-electron chi connectivity index (χ0n) is 10.00. The van der Waals surface area contributed by atoms with Gasteiger partial charge in [0.2, 0.25) is 0 Å². The molecule has 1 rings (SSSR count). The average molecular weight is 322 g/mol. The summed E-state index contributed by atoms with van der Waals surface area (Å²) in [6, 6.07) is 3.07. The van der Waals surface area contributed by atoms with E-state index in [4.69, 9.17) is 0 Å². The van der Waals surface area contributed by atoms with E-state index in [1.54, 1.807) is 0 Å². The van der Waals surface area contributed by atoms with E-state index >= 15 is 0 Å². The molecular weight excluding hydrogens is 315 g/mol. The van der Waals surface area contributed by atoms with Crippen molar-refractivity contribution >= 4 is 6.08 Å². The van der Waals surface area contributed by atoms with Gasteiger partial charge in [0.05, 0.1) is 0 Å². The number of alkyl halides is 9. The Morgan fingerprint density at radius 3 is 1.67 bits per heavy atom. The SMILES string of the molecule is C=Cc1ccccc1C(F)(F)C(F)(F)C(F)(F)C(F)(F)F. The average Bonchev–Trinajstić information content (AvgIpc) is 2.36. The predicted octanol–water partition coefficient (Wildman–Crippen LogP) is 5.25. The van der Waals surface area contributed by atoms with Crippen LogP contribution in [0, 0.1) is 0 Å². The Morgan fingerprint density at radius 1 is 0.762 bits per heavy atom. The molecule has 0 heterocycles. The zero-order chi connectivity index (χ0) is 16.7. The lowest BCUT2D eigenvalue weighted by atomic mass is 9.93. The van der Waals surface area contributed by atoms with Crippen LogP contribution in [0.25, 0.3) is 6.08 Å². The lowest BCUT2D eigenvalue weighted by Crippen LogP contribution is -2.59. The molecule has 0 amide bonds. The van der Waals surface area contributed by atoms with Gasteiger partial charge in [-0.3, -0.25) is 0 Å². The molecule has 118 valence electrons. The minimum atomic E-state index is -6.90. The fourth-order valence-corrected chi connectivity index (χ4v) is 1.51. The minimum absolute atomic E-state index is 0.331. The van der Waals surface area contributed by atoms with Crippen molar-refractivity contribution in [2.45, 2.75) is 23.9 Å². The second kappa shape index (κ2) is 4.96. The monoisotopic (exact) mass is 322 g/mol. The standard InChI is InChI=1S/C12H7F9/c1-2-7-5-3-4-6-8(7)9(13,14)10(15,16)11(17,18)12(19,20)21/h2-6H,1H2. The number of hydrogen-bond donors (Lipinski definition) is 0. The first-order valence-electron chi connectivity index (χ1n) is 5.23. The molecule has 0 nitrogen and oxygen atoms in total. The van der Waals surface area contributed by atoms with Crippen molar-refractivity contribution < 1.29 is 39.5 Å². The third-order valence-electron chi connectivity index (χ3n) is 2.66. The number of hydrogen-bond acceptors (Lipinski definition) is 0. The summed E-state index contributed by atoms with van der Waals surface area (Å²) < 4.78 is 115. The van der Waals surface area contributed by atoms with Crippen molar-refractivity contribution in [3.63, 3.8) is 0 Å². The summed E-state index contributed by atoms with van der Waals surface area (Å²) in [5, 5.41) is 0. The Bertz CT molecular complexity index is 528. The van der Waals surface area contributed by atoms with Gasteiger partial charge in [0, 0.05) is 5.56 Å². The summed E-state index contributed by atoms with van der Waals surface area (Å²) in [7, 11) is 0. The Labute approximate surface area is 112 Å². The number of halogens is 9. The maximum Gasteiger partial charge on any atom is 0.460 e. The second-order valence-electron chi connectivity index (χ2n) is 4.01. The van der Waals surface area contributed by atoms with Crippen molar-refractivity contribution in [1.29, 1.82) is 0 Å². The van der Waals surface area contributed by atoms with Gasteiger partial charge in [-0.15, -0.1) is 0 Å². The Kier molecular flexibility index (Phi) is 4.10. The van der Waals surface area contributed by atoms with Gasteiger partial charge >= 0.3 is 23.9 Å². The Morgan fingerprint density at radius 2 is 1.24 bits per heavy atom. The van der Waals surface area contributed by atoms with Crippen molar-refractivity contribution in [3.8, 4) is 0 Å². The van der Waals surface area contributed by atoms with Crippen LogP contribution in [0.2, 0.25) is 0 Å². The molecule has 0 aliphatic carbocycles. The molecule has 0 fully saturated rings. The first-order chi connectivity index (χ1) is 9.30. The highest BCUT2D eigenvalue weighted by Crippen LogP contribution is 2.57. The Balaban J connectivity index is 3.51. The van der Waals surface area contributed by atoms with E-state index in [2.05, 4.69) is 6.58 Å². The maximum atomic E-state index is 13.6. The van der Waals surface area contributed by atoms with Crippen LogP contribution in [0.4, 0.5) is 39.5 Å². The fraction of sp³-hybridized carbons (Fsp3) is 0.333. The quantitative estimate of drug-likeness (QED) is 0.664. The Hall–Kier alpha value is -1.67. The molecule has 0 unspecified atom stereocenters. The predicted molar refractivity (Wildman–Crippen MR) is 56.4 cm³/mol. The van der Waals surface area contributed by atoms with Gasteiger partial charge in [-0.2, -0.15) is 39.5 Å². The van der Waals surface area contributed by atoms with E-state index in [-0.39, 0.29) is 0 Å². The van der Waals surface area contributed by atoms with Crippen LogP contribution in [0.15, 0.2) is 30.8 Å². The molecule has 0 saturated heterocycles. The maximum absolute atomic E-state index is 13.6. The molecule has 0 spiro atoms. The molecule has 0 atom stereocenters. The van der Waals surface area contributed by atoms with Crippen molar-refractivity contribution in [2.75, 3.05) is 0 Å². The van der Waals surface area contributed by atoms with Gasteiger partial charge in [0.1, 0.15) is 0 Å². The third kappa shape index (κ3) is 2.49. The summed E-state index contributed by atoms with van der Waals surface area (Å²) in [4.78, 5) is 0. The van der Waals surface area contributed by atoms with E-state index in [0.717, 1.165) is 18.2 Å². The van der Waals surface area contributed by atoms with Crippen molar-refractivity contribution in [2.24, 2.45) is 0 Å². The molecule has 1 aromatic rings. The molecule has 0 aliphatic heterocycles. The van der Waals surface area contributed by atoms with Gasteiger partial charge in [0.25, 0.3) is 0 Å². The smallest absolute Gasteiger partial charge is 0.194 e. The topological polar surface area (TPSA) is 0 Å². The second-order valence-corrected chi connectivity index (χ2v) is 4.01. The van der Waals surface area contributed by atoms with Crippen LogP contribution >= 0.6 is 0 Å². The summed E-state index contributed by atoms with van der Waals surface area (Å²) in [6.45, 7) is 3.01. The van der Waals surface area contributed by atoms with Gasteiger partial charge < -0.3 is 0 Å². The van der Waals surface area contributed by atoms with Crippen LogP contribution in [0.5, 0.6) is 0 Å². The third-order valence-corrected chi connectivity index (χ3v) is 2.66. The molecular formula is C12H7F9. The van der Waals surface area contributed by atoms with Crippen LogP contribution in [-0.2, 0) is 5.92 Å². The molecule has 0 bridgehead atoms. The van der Waals surface area contributed by atoms with E-state index in [9.17, 15) is 39.5 Å². The molecule has 0 aliphatic rings. The summed E-state index contributed by atoms with van der Waals surface area (Å²) in [5.41, 5.74) is -2.35. The van der Waals surface area contributed by atoms with Crippen molar-refractivity contribution in [1.82, 2.24) is 0 Å². The molecule has 0 radical (unpaired) electrons. The van der Waals surface area contributed by atoms with Crippen LogP contribution in [0.3, 0.4) is 0 Å². The first kappa shape index (κ1) is 17.4. The number of benzene rings is 1. The van der Waals surface area contributed by atoms with Crippen molar-refractivity contribution in [3.05, 3.63) is 42.0 Å². The minimum Gasteiger partial charge on any atom is -0.194 e. The van der Waals surface area contributed by atoms with Gasteiger partial charge in [-0.25, -0.2) is 0 Å². The lowest BCUT2D eigenvalue weighted by Gasteiger charge is -2.34. The summed E-state index contributed by atoms with van der Waals surface area (Å²) in [5.74, 6) is -19.3. The first-order valence-corrected chi connectivity index (χ1v) is 5.23. The summed E-state index contributed by atoms with van der Waals surface area (Å²) >= 11 is 0. The molecule has 0 N–H and O–H groups in total. The molecule has 9 heteroatoms. The number of rotatable bonds is 4. The highest BCUT2D eigenvalue weighted by Gasteiger charge is 2.82. The van der Waals surface area contributed by atoms with Gasteiger partial charge in [0.15, 0.2) is 0 Å². The lowest BCUT2D eigenvalue weighted by molar-refractivity contribution is -0.399. The molecule has 21 heavy (non-hydrogen) atoms. The highest BCUT2D eigenvalue weighted by atomic mass is 19.4. The normalized spacial score (nSPS) is 14.1. The fourth-order valence-electron chi connectivity index (χ4n) is 1.51.